The maximum absolute atomic E-state index is 12.8. The fourth-order valence-corrected chi connectivity index (χ4v) is 4.04. The number of nitrogens with zero attached hydrogens (tertiary/aromatic N) is 1. The van der Waals surface area contributed by atoms with Gasteiger partial charge in [0.25, 0.3) is 5.90 Å². The number of aliphatic imine (C=N–C) groups is 1. The molecule has 0 N–H and O–H groups in total. The van der Waals surface area contributed by atoms with Crippen LogP contribution in [0.5, 0.6) is 17.2 Å². The van der Waals surface area contributed by atoms with Crippen LogP contribution in [0.1, 0.15) is 16.9 Å². The summed E-state index contributed by atoms with van der Waals surface area (Å²) >= 11 is 3.49. The molecule has 0 radical (unpaired) electrons. The second kappa shape index (κ2) is 7.42. The van der Waals surface area contributed by atoms with Crippen LogP contribution in [-0.2, 0) is 9.53 Å². The monoisotopic (exact) mass is 491 g/mol. The number of esters is 1. The second-order valence-electron chi connectivity index (χ2n) is 7.16. The zero-order chi connectivity index (χ0) is 21.7. The van der Waals surface area contributed by atoms with Crippen LogP contribution < -0.4 is 14.2 Å². The lowest BCUT2D eigenvalue weighted by atomic mass is 9.97. The number of carbonyl (C=O) groups is 1. The fourth-order valence-electron chi connectivity index (χ4n) is 3.68. The highest BCUT2D eigenvalue weighted by Crippen LogP contribution is 2.42. The minimum absolute atomic E-state index is 0.125. The Labute approximate surface area is 190 Å². The average molecular weight is 492 g/mol. The molecule has 0 saturated carbocycles. The van der Waals surface area contributed by atoms with Crippen LogP contribution in [0, 0.1) is 0 Å². The quantitative estimate of drug-likeness (QED) is 0.372. The third-order valence-electron chi connectivity index (χ3n) is 5.14. The van der Waals surface area contributed by atoms with Crippen LogP contribution in [0.4, 0.5) is 0 Å². The normalized spacial score (nSPS) is 19.0. The molecule has 8 heteroatoms. The van der Waals surface area contributed by atoms with Crippen molar-refractivity contribution in [3.63, 3.8) is 0 Å². The van der Waals surface area contributed by atoms with Crippen molar-refractivity contribution >= 4 is 39.1 Å². The summed E-state index contributed by atoms with van der Waals surface area (Å²) in [6, 6.07) is 14.6. The van der Waals surface area contributed by atoms with Crippen LogP contribution in [0.2, 0.25) is 0 Å². The highest BCUT2D eigenvalue weighted by atomic mass is 79.9. The Kier molecular flexibility index (Phi) is 4.39. The molecule has 0 atom stereocenters. The van der Waals surface area contributed by atoms with Gasteiger partial charge in [-0.2, -0.15) is 0 Å². The number of ether oxygens (including phenoxy) is 4. The minimum Gasteiger partial charge on any atom is -0.486 e. The van der Waals surface area contributed by atoms with Crippen molar-refractivity contribution in [1.82, 2.24) is 0 Å². The van der Waals surface area contributed by atoms with Crippen molar-refractivity contribution in [2.75, 3.05) is 13.2 Å². The van der Waals surface area contributed by atoms with Crippen LogP contribution >= 0.6 is 15.9 Å². The summed E-state index contributed by atoms with van der Waals surface area (Å²) in [5, 5.41) is 0. The van der Waals surface area contributed by atoms with E-state index in [4.69, 9.17) is 23.4 Å². The van der Waals surface area contributed by atoms with Gasteiger partial charge in [-0.25, -0.2) is 9.79 Å². The van der Waals surface area contributed by atoms with Gasteiger partial charge in [-0.1, -0.05) is 15.9 Å². The number of benzene rings is 2. The van der Waals surface area contributed by atoms with Gasteiger partial charge in [0.05, 0.1) is 6.26 Å². The van der Waals surface area contributed by atoms with Gasteiger partial charge >= 0.3 is 5.97 Å². The second-order valence-corrected chi connectivity index (χ2v) is 8.07. The molecule has 3 aliphatic rings. The maximum Gasteiger partial charge on any atom is 0.364 e. The Bertz CT molecular complexity index is 1350. The molecular weight excluding hydrogens is 478 g/mol. The average Bonchev–Trinajstić information content (AvgIpc) is 3.48. The lowest BCUT2D eigenvalue weighted by Gasteiger charge is -2.23. The first-order valence-corrected chi connectivity index (χ1v) is 10.6. The lowest BCUT2D eigenvalue weighted by Crippen LogP contribution is -2.15. The zero-order valence-electron chi connectivity index (χ0n) is 16.5. The van der Waals surface area contributed by atoms with E-state index < -0.39 is 5.97 Å². The molecule has 4 heterocycles. The summed E-state index contributed by atoms with van der Waals surface area (Å²) in [6.07, 6.45) is 3.28. The summed E-state index contributed by atoms with van der Waals surface area (Å²) in [5.74, 6) is 2.42. The van der Waals surface area contributed by atoms with Gasteiger partial charge < -0.3 is 23.4 Å². The van der Waals surface area contributed by atoms with Gasteiger partial charge in [-0.15, -0.1) is 0 Å². The van der Waals surface area contributed by atoms with E-state index in [1.165, 1.54) is 6.26 Å². The smallest absolute Gasteiger partial charge is 0.364 e. The van der Waals surface area contributed by atoms with Gasteiger partial charge in [0.15, 0.2) is 23.0 Å². The van der Waals surface area contributed by atoms with E-state index in [9.17, 15) is 4.79 Å². The van der Waals surface area contributed by atoms with Crippen molar-refractivity contribution < 1.29 is 28.2 Å². The number of halogens is 1. The third kappa shape index (κ3) is 3.20. The molecule has 7 nitrogen and oxygen atoms in total. The van der Waals surface area contributed by atoms with E-state index >= 15 is 0 Å². The van der Waals surface area contributed by atoms with Gasteiger partial charge in [-0.05, 0) is 54.6 Å². The number of rotatable bonds is 2. The van der Waals surface area contributed by atoms with Crippen LogP contribution in [0.15, 0.2) is 80.4 Å². The number of hydrogen-bond acceptors (Lipinski definition) is 7. The van der Waals surface area contributed by atoms with Crippen LogP contribution in [0.3, 0.4) is 0 Å². The molecule has 3 aliphatic heterocycles. The lowest BCUT2D eigenvalue weighted by molar-refractivity contribution is -0.130. The Balaban J connectivity index is 1.51. The van der Waals surface area contributed by atoms with E-state index in [2.05, 4.69) is 20.9 Å². The number of cyclic esters (lactones) is 1. The summed E-state index contributed by atoms with van der Waals surface area (Å²) in [5.41, 5.74) is 2.26. The molecule has 158 valence electrons. The summed E-state index contributed by atoms with van der Waals surface area (Å²) in [7, 11) is 0. The van der Waals surface area contributed by atoms with Gasteiger partial charge in [0, 0.05) is 21.2 Å². The molecule has 0 aliphatic carbocycles. The van der Waals surface area contributed by atoms with E-state index in [0.717, 1.165) is 15.6 Å². The zero-order valence-corrected chi connectivity index (χ0v) is 18.0. The Morgan fingerprint density at radius 3 is 2.59 bits per heavy atom. The molecule has 6 rings (SSSR count). The van der Waals surface area contributed by atoms with Crippen LogP contribution in [0.25, 0.3) is 11.3 Å². The number of fused-ring (bicyclic) bond motifs is 2. The number of hydrogen-bond donors (Lipinski definition) is 0. The molecule has 1 aromatic heterocycles. The molecular formula is C24H14BrNO6. The van der Waals surface area contributed by atoms with Crippen molar-refractivity contribution in [2.45, 2.75) is 0 Å². The van der Waals surface area contributed by atoms with Crippen LogP contribution in [-0.4, -0.2) is 25.1 Å². The van der Waals surface area contributed by atoms with Crippen molar-refractivity contribution in [3.05, 3.63) is 87.9 Å². The molecule has 32 heavy (non-hydrogen) atoms. The van der Waals surface area contributed by atoms with Crippen molar-refractivity contribution in [1.29, 1.82) is 0 Å². The molecule has 0 bridgehead atoms. The Morgan fingerprint density at radius 2 is 1.75 bits per heavy atom. The molecule has 0 amide bonds. The number of allylic oxidation sites excluding steroid dienone is 2. The maximum atomic E-state index is 12.8. The largest absolute Gasteiger partial charge is 0.486 e. The van der Waals surface area contributed by atoms with Crippen molar-refractivity contribution in [2.24, 2.45) is 4.99 Å². The van der Waals surface area contributed by atoms with E-state index in [0.29, 0.717) is 47.6 Å². The van der Waals surface area contributed by atoms with Gasteiger partial charge in [-0.3, -0.25) is 0 Å². The van der Waals surface area contributed by atoms with Gasteiger partial charge in [0.2, 0.25) is 0 Å². The summed E-state index contributed by atoms with van der Waals surface area (Å²) < 4.78 is 29.0. The van der Waals surface area contributed by atoms with E-state index in [-0.39, 0.29) is 11.6 Å². The minimum atomic E-state index is -0.558. The van der Waals surface area contributed by atoms with E-state index in [1.54, 1.807) is 18.2 Å². The van der Waals surface area contributed by atoms with Crippen molar-refractivity contribution in [3.8, 4) is 17.2 Å². The highest BCUT2D eigenvalue weighted by Gasteiger charge is 2.32. The molecule has 0 spiro atoms. The first-order valence-electron chi connectivity index (χ1n) is 9.84. The summed E-state index contributed by atoms with van der Waals surface area (Å²) in [4.78, 5) is 17.2. The predicted octanol–water partition coefficient (Wildman–Crippen LogP) is 4.96. The molecule has 0 saturated heterocycles. The standard InChI is InChI=1S/C24H14BrNO6/c25-14-4-6-17-15(11-14)16(22-24(27)32-23(26-22)19-2-1-7-28-19)12-20(31-17)13-3-5-18-21(10-13)30-9-8-29-18/h1-7,10-12H,8-9H2. The number of furan rings is 1. The summed E-state index contributed by atoms with van der Waals surface area (Å²) in [6.45, 7) is 1.00. The molecule has 0 unspecified atom stereocenters. The topological polar surface area (TPSA) is 79.5 Å². The highest BCUT2D eigenvalue weighted by molar-refractivity contribution is 9.10. The van der Waals surface area contributed by atoms with Gasteiger partial charge in [0.1, 0.15) is 24.7 Å². The number of carbonyl (C=O) groups excluding carboxylic acids is 1. The van der Waals surface area contributed by atoms with E-state index in [1.807, 2.05) is 36.4 Å². The Hall–Kier alpha value is -3.78. The molecule has 2 aromatic carbocycles. The fraction of sp³-hybridized carbons (Fsp3) is 0.0833. The predicted molar refractivity (Wildman–Crippen MR) is 118 cm³/mol. The molecule has 3 aromatic rings. The SMILES string of the molecule is O=C1OC(c2ccco2)=NC1=C1C=C(c2ccc3c(c2)OCCO3)Oc2ccc(Br)cc21. The Morgan fingerprint density at radius 1 is 0.906 bits per heavy atom. The first-order chi connectivity index (χ1) is 15.7. The first kappa shape index (κ1) is 18.9. The third-order valence-corrected chi connectivity index (χ3v) is 5.63. The molecule has 0 fully saturated rings.